The highest BCUT2D eigenvalue weighted by Gasteiger charge is 2.11. The lowest BCUT2D eigenvalue weighted by Crippen LogP contribution is -2.26. The molecule has 0 aliphatic heterocycles. The van der Waals surface area contributed by atoms with Gasteiger partial charge in [0, 0.05) is 18.2 Å². The number of nitrogens with two attached hydrogens (primary N) is 1. The first-order valence-corrected chi connectivity index (χ1v) is 5.42. The van der Waals surface area contributed by atoms with Crippen molar-refractivity contribution in [3.63, 3.8) is 0 Å². The summed E-state index contributed by atoms with van der Waals surface area (Å²) in [6.07, 6.45) is 3.02. The molecule has 0 bridgehead atoms. The molecule has 0 aromatic heterocycles. The summed E-state index contributed by atoms with van der Waals surface area (Å²) in [4.78, 5) is 10.3. The lowest BCUT2D eigenvalue weighted by Gasteiger charge is -2.14. The maximum absolute atomic E-state index is 10.3. The van der Waals surface area contributed by atoms with E-state index in [9.17, 15) is 4.79 Å². The topological polar surface area (TPSA) is 63.3 Å². The fraction of sp³-hybridized carbons (Fsp3) is 0.875. The van der Waals surface area contributed by atoms with Gasteiger partial charge in [-0.05, 0) is 18.6 Å². The number of hydrogen-bond donors (Lipinski definition) is 2. The Morgan fingerprint density at radius 1 is 1.67 bits per heavy atom. The fourth-order valence-electron chi connectivity index (χ4n) is 1.18. The average molecular weight is 191 g/mol. The quantitative estimate of drug-likeness (QED) is 0.661. The van der Waals surface area contributed by atoms with Crippen molar-refractivity contribution in [3.8, 4) is 0 Å². The maximum Gasteiger partial charge on any atom is 0.303 e. The summed E-state index contributed by atoms with van der Waals surface area (Å²) >= 11 is 1.70. The summed E-state index contributed by atoms with van der Waals surface area (Å²) in [5, 5.41) is 8.48. The van der Waals surface area contributed by atoms with E-state index < -0.39 is 5.97 Å². The third-order valence-electron chi connectivity index (χ3n) is 1.61. The van der Waals surface area contributed by atoms with E-state index in [2.05, 4.69) is 0 Å². The van der Waals surface area contributed by atoms with Crippen molar-refractivity contribution in [3.05, 3.63) is 0 Å². The third kappa shape index (κ3) is 6.49. The van der Waals surface area contributed by atoms with Crippen molar-refractivity contribution < 1.29 is 9.90 Å². The Morgan fingerprint density at radius 3 is 2.67 bits per heavy atom. The Balaban J connectivity index is 3.53. The Hall–Kier alpha value is -0.220. The van der Waals surface area contributed by atoms with Gasteiger partial charge in [-0.2, -0.15) is 11.8 Å². The van der Waals surface area contributed by atoms with Crippen LogP contribution < -0.4 is 5.73 Å². The molecule has 0 amide bonds. The van der Waals surface area contributed by atoms with Crippen LogP contribution in [0.5, 0.6) is 0 Å². The molecule has 0 radical (unpaired) electrons. The Morgan fingerprint density at radius 2 is 2.25 bits per heavy atom. The van der Waals surface area contributed by atoms with Crippen LogP contribution in [0.15, 0.2) is 0 Å². The molecule has 0 aromatic rings. The predicted octanol–water partition coefficient (Wildman–Crippen LogP) is 1.18. The monoisotopic (exact) mass is 191 g/mol. The Bertz CT molecular complexity index is 141. The first-order chi connectivity index (χ1) is 5.56. The lowest BCUT2D eigenvalue weighted by molar-refractivity contribution is -0.138. The molecule has 0 spiro atoms. The number of hydrogen-bond acceptors (Lipinski definition) is 3. The van der Waals surface area contributed by atoms with Crippen molar-refractivity contribution in [1.29, 1.82) is 0 Å². The van der Waals surface area contributed by atoms with Crippen molar-refractivity contribution in [2.45, 2.75) is 25.8 Å². The molecule has 2 atom stereocenters. The van der Waals surface area contributed by atoms with Gasteiger partial charge in [-0.15, -0.1) is 0 Å². The zero-order valence-corrected chi connectivity index (χ0v) is 8.43. The normalized spacial score (nSPS) is 15.6. The summed E-state index contributed by atoms with van der Waals surface area (Å²) in [5.41, 5.74) is 5.75. The molecule has 0 aromatic carbocycles. The van der Waals surface area contributed by atoms with Crippen molar-refractivity contribution in [2.75, 3.05) is 12.0 Å². The van der Waals surface area contributed by atoms with Crippen LogP contribution in [0.3, 0.4) is 0 Å². The van der Waals surface area contributed by atoms with Gasteiger partial charge in [0.1, 0.15) is 0 Å². The molecule has 4 heteroatoms. The van der Waals surface area contributed by atoms with E-state index in [0.29, 0.717) is 0 Å². The highest BCUT2D eigenvalue weighted by atomic mass is 32.2. The maximum atomic E-state index is 10.3. The van der Waals surface area contributed by atoms with Gasteiger partial charge in [-0.3, -0.25) is 4.79 Å². The summed E-state index contributed by atoms with van der Waals surface area (Å²) in [7, 11) is 0. The van der Waals surface area contributed by atoms with Gasteiger partial charge >= 0.3 is 5.97 Å². The minimum Gasteiger partial charge on any atom is -0.481 e. The number of thioether (sulfide) groups is 1. The van der Waals surface area contributed by atoms with Crippen LogP contribution >= 0.6 is 11.8 Å². The van der Waals surface area contributed by atoms with E-state index in [0.717, 1.165) is 12.2 Å². The fourth-order valence-corrected chi connectivity index (χ4v) is 1.74. The van der Waals surface area contributed by atoms with Gasteiger partial charge in [-0.25, -0.2) is 0 Å². The molecule has 0 fully saturated rings. The molecule has 0 saturated carbocycles. The smallest absolute Gasteiger partial charge is 0.303 e. The molecule has 72 valence electrons. The molecule has 0 saturated heterocycles. The predicted molar refractivity (Wildman–Crippen MR) is 52.4 cm³/mol. The Kier molecular flexibility index (Phi) is 6.20. The van der Waals surface area contributed by atoms with E-state index in [1.807, 2.05) is 13.2 Å². The summed E-state index contributed by atoms with van der Waals surface area (Å²) in [6.45, 7) is 1.92. The highest BCUT2D eigenvalue weighted by molar-refractivity contribution is 7.98. The molecule has 3 N–H and O–H groups in total. The summed E-state index contributed by atoms with van der Waals surface area (Å²) in [6, 6.07) is 0.134. The highest BCUT2D eigenvalue weighted by Crippen LogP contribution is 2.11. The van der Waals surface area contributed by atoms with Gasteiger partial charge in [-0.1, -0.05) is 6.92 Å². The van der Waals surface area contributed by atoms with E-state index in [4.69, 9.17) is 10.8 Å². The van der Waals surface area contributed by atoms with Gasteiger partial charge in [0.25, 0.3) is 0 Å². The van der Waals surface area contributed by atoms with Crippen LogP contribution in [0.1, 0.15) is 19.8 Å². The van der Waals surface area contributed by atoms with Crippen molar-refractivity contribution in [2.24, 2.45) is 11.7 Å². The Labute approximate surface area is 77.7 Å². The second-order valence-corrected chi connectivity index (χ2v) is 4.06. The second kappa shape index (κ2) is 6.31. The third-order valence-corrected chi connectivity index (χ3v) is 2.37. The molecular formula is C8H17NO2S. The molecule has 0 aliphatic rings. The number of carboxylic acids is 1. The zero-order chi connectivity index (χ0) is 9.56. The minimum absolute atomic E-state index is 0.134. The second-order valence-electron chi connectivity index (χ2n) is 3.15. The standard InChI is InChI=1S/C8H17NO2S/c1-6(4-8(10)11)3-7(9)5-12-2/h6-7H,3-5,9H2,1-2H3,(H,10,11)/t6-,7-/m1/s1. The van der Waals surface area contributed by atoms with Crippen LogP contribution in [0.25, 0.3) is 0 Å². The van der Waals surface area contributed by atoms with Crippen LogP contribution in [-0.2, 0) is 4.79 Å². The van der Waals surface area contributed by atoms with Gasteiger partial charge < -0.3 is 10.8 Å². The van der Waals surface area contributed by atoms with Crippen LogP contribution in [0.2, 0.25) is 0 Å². The molecule has 0 rings (SSSR count). The zero-order valence-electron chi connectivity index (χ0n) is 7.62. The van der Waals surface area contributed by atoms with Crippen LogP contribution in [-0.4, -0.2) is 29.1 Å². The van der Waals surface area contributed by atoms with E-state index in [-0.39, 0.29) is 18.4 Å². The number of rotatable bonds is 6. The molecule has 3 nitrogen and oxygen atoms in total. The van der Waals surface area contributed by atoms with Crippen molar-refractivity contribution in [1.82, 2.24) is 0 Å². The minimum atomic E-state index is -0.737. The largest absolute Gasteiger partial charge is 0.481 e. The average Bonchev–Trinajstić information content (AvgIpc) is 1.84. The number of carboxylic acid groups (broad SMARTS) is 1. The van der Waals surface area contributed by atoms with Crippen LogP contribution in [0, 0.1) is 5.92 Å². The molecule has 0 aliphatic carbocycles. The van der Waals surface area contributed by atoms with E-state index in [1.165, 1.54) is 0 Å². The van der Waals surface area contributed by atoms with E-state index >= 15 is 0 Å². The van der Waals surface area contributed by atoms with E-state index in [1.54, 1.807) is 11.8 Å². The van der Waals surface area contributed by atoms with Gasteiger partial charge in [0.2, 0.25) is 0 Å². The first-order valence-electron chi connectivity index (χ1n) is 4.02. The van der Waals surface area contributed by atoms with Crippen LogP contribution in [0.4, 0.5) is 0 Å². The summed E-state index contributed by atoms with van der Waals surface area (Å²) in [5.74, 6) is 0.354. The number of carbonyl (C=O) groups is 1. The van der Waals surface area contributed by atoms with Gasteiger partial charge in [0.15, 0.2) is 0 Å². The molecule has 12 heavy (non-hydrogen) atoms. The SMILES string of the molecule is CSC[C@H](N)C[C@@H](C)CC(=O)O. The first kappa shape index (κ1) is 11.8. The van der Waals surface area contributed by atoms with Gasteiger partial charge in [0.05, 0.1) is 0 Å². The molecular weight excluding hydrogens is 174 g/mol. The number of aliphatic carboxylic acids is 1. The molecule has 0 unspecified atom stereocenters. The summed E-state index contributed by atoms with van der Waals surface area (Å²) < 4.78 is 0. The van der Waals surface area contributed by atoms with Crippen molar-refractivity contribution >= 4 is 17.7 Å². The molecule has 0 heterocycles. The lowest BCUT2D eigenvalue weighted by atomic mass is 10.00.